The maximum Gasteiger partial charge on any atom is 0.262 e. The fourth-order valence-electron chi connectivity index (χ4n) is 3.46. The highest BCUT2D eigenvalue weighted by atomic mass is 16.5. The summed E-state index contributed by atoms with van der Waals surface area (Å²) in [6.07, 6.45) is 4.25. The topological polar surface area (TPSA) is 93.0 Å². The number of pyridine rings is 1. The van der Waals surface area contributed by atoms with Gasteiger partial charge in [0.05, 0.1) is 23.9 Å². The largest absolute Gasteiger partial charge is 0.493 e. The SMILES string of the molecule is COc1cccn2cc(CCNC(=O)C(C)N3C(=O)c4ccccc4C3=O)nc12. The fourth-order valence-corrected chi connectivity index (χ4v) is 3.46. The summed E-state index contributed by atoms with van der Waals surface area (Å²) in [5.74, 6) is -0.607. The highest BCUT2D eigenvalue weighted by molar-refractivity contribution is 6.22. The van der Waals surface area contributed by atoms with Crippen molar-refractivity contribution >= 4 is 23.4 Å². The standard InChI is InChI=1S/C21H20N4O4/c1-13(25-20(27)15-6-3-4-7-16(15)21(25)28)19(26)22-10-9-14-12-24-11-5-8-17(29-2)18(24)23-14/h3-8,11-13H,9-10H2,1-2H3,(H,22,26). The molecule has 0 saturated heterocycles. The molecule has 0 radical (unpaired) electrons. The van der Waals surface area contributed by atoms with Gasteiger partial charge < -0.3 is 14.5 Å². The summed E-state index contributed by atoms with van der Waals surface area (Å²) >= 11 is 0. The molecule has 2 aromatic heterocycles. The predicted octanol–water partition coefficient (Wildman–Crippen LogP) is 1.69. The first kappa shape index (κ1) is 18.7. The van der Waals surface area contributed by atoms with Crippen LogP contribution in [0, 0.1) is 0 Å². The van der Waals surface area contributed by atoms with Gasteiger partial charge in [-0.25, -0.2) is 4.98 Å². The highest BCUT2D eigenvalue weighted by Crippen LogP contribution is 2.24. The van der Waals surface area contributed by atoms with E-state index < -0.39 is 17.9 Å². The molecule has 148 valence electrons. The number of carbonyl (C=O) groups is 3. The average molecular weight is 392 g/mol. The Balaban J connectivity index is 1.39. The van der Waals surface area contributed by atoms with Crippen molar-refractivity contribution in [3.8, 4) is 5.75 Å². The molecule has 1 unspecified atom stereocenters. The molecule has 0 saturated carbocycles. The third-order valence-corrected chi connectivity index (χ3v) is 4.99. The van der Waals surface area contributed by atoms with E-state index in [1.165, 1.54) is 0 Å². The number of nitrogens with one attached hydrogen (secondary N) is 1. The number of rotatable bonds is 6. The summed E-state index contributed by atoms with van der Waals surface area (Å²) in [6, 6.07) is 9.38. The van der Waals surface area contributed by atoms with Gasteiger partial charge in [-0.1, -0.05) is 12.1 Å². The van der Waals surface area contributed by atoms with Crippen molar-refractivity contribution in [3.63, 3.8) is 0 Å². The number of ether oxygens (including phenoxy) is 1. The molecule has 1 aromatic carbocycles. The number of hydrogen-bond donors (Lipinski definition) is 1. The smallest absolute Gasteiger partial charge is 0.262 e. The number of imide groups is 1. The predicted molar refractivity (Wildman–Crippen MR) is 105 cm³/mol. The number of amides is 3. The number of imidazole rings is 1. The third-order valence-electron chi connectivity index (χ3n) is 4.99. The van der Waals surface area contributed by atoms with Gasteiger partial charge in [-0.05, 0) is 31.2 Å². The number of nitrogens with zero attached hydrogens (tertiary/aromatic N) is 3. The van der Waals surface area contributed by atoms with Crippen LogP contribution in [-0.2, 0) is 11.2 Å². The second-order valence-electron chi connectivity index (χ2n) is 6.78. The molecule has 0 aliphatic carbocycles. The summed E-state index contributed by atoms with van der Waals surface area (Å²) in [7, 11) is 1.59. The molecule has 3 heterocycles. The molecule has 29 heavy (non-hydrogen) atoms. The van der Waals surface area contributed by atoms with Gasteiger partial charge in [0.1, 0.15) is 6.04 Å². The summed E-state index contributed by atoms with van der Waals surface area (Å²) in [5, 5.41) is 2.78. The highest BCUT2D eigenvalue weighted by Gasteiger charge is 2.40. The van der Waals surface area contributed by atoms with Crippen molar-refractivity contribution in [2.24, 2.45) is 0 Å². The van der Waals surface area contributed by atoms with Crippen molar-refractivity contribution in [2.45, 2.75) is 19.4 Å². The second kappa shape index (κ2) is 7.38. The molecular weight excluding hydrogens is 372 g/mol. The number of aromatic nitrogens is 2. The molecule has 1 aliphatic heterocycles. The zero-order chi connectivity index (χ0) is 20.5. The molecule has 8 heteroatoms. The normalized spacial score (nSPS) is 14.2. The van der Waals surface area contributed by atoms with Crippen molar-refractivity contribution in [1.82, 2.24) is 19.6 Å². The van der Waals surface area contributed by atoms with Gasteiger partial charge in [-0.15, -0.1) is 0 Å². The van der Waals surface area contributed by atoms with Crippen LogP contribution >= 0.6 is 0 Å². The first-order chi connectivity index (χ1) is 14.0. The van der Waals surface area contributed by atoms with E-state index in [4.69, 9.17) is 4.74 Å². The van der Waals surface area contributed by atoms with Crippen molar-refractivity contribution in [3.05, 3.63) is 65.6 Å². The number of hydrogen-bond acceptors (Lipinski definition) is 5. The third kappa shape index (κ3) is 3.22. The zero-order valence-corrected chi connectivity index (χ0v) is 16.1. The van der Waals surface area contributed by atoms with Crippen LogP contribution in [-0.4, -0.2) is 51.7 Å². The van der Waals surface area contributed by atoms with Crippen LogP contribution in [0.2, 0.25) is 0 Å². The van der Waals surface area contributed by atoms with Gasteiger partial charge >= 0.3 is 0 Å². The number of fused-ring (bicyclic) bond motifs is 2. The molecule has 8 nitrogen and oxygen atoms in total. The molecule has 0 spiro atoms. The summed E-state index contributed by atoms with van der Waals surface area (Å²) in [4.78, 5) is 43.1. The molecule has 1 aliphatic rings. The Morgan fingerprint density at radius 2 is 1.83 bits per heavy atom. The van der Waals surface area contributed by atoms with Gasteiger partial charge in [-0.3, -0.25) is 19.3 Å². The Hall–Kier alpha value is -3.68. The van der Waals surface area contributed by atoms with E-state index in [1.54, 1.807) is 38.3 Å². The van der Waals surface area contributed by atoms with Crippen LogP contribution < -0.4 is 10.1 Å². The van der Waals surface area contributed by atoms with E-state index in [-0.39, 0.29) is 5.91 Å². The van der Waals surface area contributed by atoms with Crippen LogP contribution in [0.4, 0.5) is 0 Å². The van der Waals surface area contributed by atoms with Crippen LogP contribution in [0.25, 0.3) is 5.65 Å². The van der Waals surface area contributed by atoms with Gasteiger partial charge in [0.25, 0.3) is 11.8 Å². The maximum absolute atomic E-state index is 12.5. The van der Waals surface area contributed by atoms with Crippen molar-refractivity contribution in [2.75, 3.05) is 13.7 Å². The molecule has 0 bridgehead atoms. The lowest BCUT2D eigenvalue weighted by Crippen LogP contribution is -2.48. The Bertz CT molecular complexity index is 1090. The first-order valence-electron chi connectivity index (χ1n) is 9.26. The summed E-state index contributed by atoms with van der Waals surface area (Å²) in [5.41, 5.74) is 2.16. The Morgan fingerprint density at radius 1 is 1.14 bits per heavy atom. The molecule has 3 amide bonds. The lowest BCUT2D eigenvalue weighted by atomic mass is 10.1. The quantitative estimate of drug-likeness (QED) is 0.645. The lowest BCUT2D eigenvalue weighted by molar-refractivity contribution is -0.124. The van der Waals surface area contributed by atoms with Crippen molar-refractivity contribution in [1.29, 1.82) is 0 Å². The molecule has 1 N–H and O–H groups in total. The zero-order valence-electron chi connectivity index (χ0n) is 16.1. The van der Waals surface area contributed by atoms with Crippen LogP contribution in [0.3, 0.4) is 0 Å². The Morgan fingerprint density at radius 3 is 2.48 bits per heavy atom. The summed E-state index contributed by atoms with van der Waals surface area (Å²) in [6.45, 7) is 1.88. The summed E-state index contributed by atoms with van der Waals surface area (Å²) < 4.78 is 7.15. The molecule has 4 rings (SSSR count). The van der Waals surface area contributed by atoms with Gasteiger partial charge in [-0.2, -0.15) is 0 Å². The van der Waals surface area contributed by atoms with Crippen LogP contribution in [0.1, 0.15) is 33.3 Å². The van der Waals surface area contributed by atoms with E-state index >= 15 is 0 Å². The minimum Gasteiger partial charge on any atom is -0.493 e. The fraction of sp³-hybridized carbons (Fsp3) is 0.238. The van der Waals surface area contributed by atoms with Gasteiger partial charge in [0, 0.05) is 25.4 Å². The number of benzene rings is 1. The van der Waals surface area contributed by atoms with E-state index in [2.05, 4.69) is 10.3 Å². The Kier molecular flexibility index (Phi) is 4.75. The van der Waals surface area contributed by atoms with Gasteiger partial charge in [0.15, 0.2) is 11.4 Å². The second-order valence-corrected chi connectivity index (χ2v) is 6.78. The molecular formula is C21H20N4O4. The molecule has 1 atom stereocenters. The monoisotopic (exact) mass is 392 g/mol. The van der Waals surface area contributed by atoms with Gasteiger partial charge in [0.2, 0.25) is 5.91 Å². The minimum absolute atomic E-state index is 0.329. The van der Waals surface area contributed by atoms with Crippen molar-refractivity contribution < 1.29 is 19.1 Å². The maximum atomic E-state index is 12.5. The Labute approximate surface area is 167 Å². The van der Waals surface area contributed by atoms with Crippen LogP contribution in [0.5, 0.6) is 5.75 Å². The minimum atomic E-state index is -0.899. The average Bonchev–Trinajstić information content (AvgIpc) is 3.26. The van der Waals surface area contributed by atoms with E-state index in [1.807, 2.05) is 28.9 Å². The first-order valence-corrected chi connectivity index (χ1v) is 9.26. The van der Waals surface area contributed by atoms with Crippen LogP contribution in [0.15, 0.2) is 48.8 Å². The van der Waals surface area contributed by atoms with E-state index in [9.17, 15) is 14.4 Å². The van der Waals surface area contributed by atoms with E-state index in [0.29, 0.717) is 35.5 Å². The van der Waals surface area contributed by atoms with E-state index in [0.717, 1.165) is 10.6 Å². The number of carbonyl (C=O) groups excluding carboxylic acids is 3. The molecule has 0 fully saturated rings. The number of methoxy groups -OCH3 is 1. The lowest BCUT2D eigenvalue weighted by Gasteiger charge is -2.21. The molecule has 3 aromatic rings.